The van der Waals surface area contributed by atoms with Crippen molar-refractivity contribution < 1.29 is 9.72 Å². The summed E-state index contributed by atoms with van der Waals surface area (Å²) in [4.78, 5) is 29.6. The number of nitrogen functional groups attached to an aromatic ring is 1. The summed E-state index contributed by atoms with van der Waals surface area (Å²) >= 11 is 0. The lowest BCUT2D eigenvalue weighted by atomic mass is 10.2. The van der Waals surface area contributed by atoms with Crippen LogP contribution in [0.15, 0.2) is 30.7 Å². The summed E-state index contributed by atoms with van der Waals surface area (Å²) in [6.45, 7) is 1.83. The molecule has 2 aromatic rings. The number of hydrogen-bond acceptors (Lipinski definition) is 6. The predicted octanol–water partition coefficient (Wildman–Crippen LogP) is 1.53. The van der Waals surface area contributed by atoms with Crippen molar-refractivity contribution in [3.63, 3.8) is 0 Å². The predicted molar refractivity (Wildman–Crippen MR) is 72.2 cm³/mol. The Morgan fingerprint density at radius 3 is 2.75 bits per heavy atom. The first-order valence-corrected chi connectivity index (χ1v) is 5.60. The second kappa shape index (κ2) is 5.31. The number of aryl methyl sites for hydroxylation is 1. The van der Waals surface area contributed by atoms with Gasteiger partial charge in [-0.15, -0.1) is 0 Å². The third kappa shape index (κ3) is 2.86. The molecule has 0 fully saturated rings. The summed E-state index contributed by atoms with van der Waals surface area (Å²) < 4.78 is 0. The van der Waals surface area contributed by atoms with Gasteiger partial charge < -0.3 is 11.1 Å². The topological polar surface area (TPSA) is 124 Å². The van der Waals surface area contributed by atoms with Crippen molar-refractivity contribution in [1.29, 1.82) is 0 Å². The fraction of sp³-hybridized carbons (Fsp3) is 0.0833. The average Bonchev–Trinajstić information content (AvgIpc) is 2.38. The van der Waals surface area contributed by atoms with Gasteiger partial charge in [0.2, 0.25) is 0 Å². The fourth-order valence-electron chi connectivity index (χ4n) is 1.57. The molecule has 2 aromatic heterocycles. The Kier molecular flexibility index (Phi) is 3.56. The highest BCUT2D eigenvalue weighted by Crippen LogP contribution is 2.18. The summed E-state index contributed by atoms with van der Waals surface area (Å²) in [6, 6.07) is 2.80. The molecule has 0 atom stereocenters. The number of amides is 1. The van der Waals surface area contributed by atoms with Gasteiger partial charge in [-0.2, -0.15) is 0 Å². The quantitative estimate of drug-likeness (QED) is 0.645. The van der Waals surface area contributed by atoms with Crippen LogP contribution < -0.4 is 11.1 Å². The molecule has 8 heteroatoms. The van der Waals surface area contributed by atoms with Crippen LogP contribution in [-0.4, -0.2) is 20.8 Å². The van der Waals surface area contributed by atoms with Crippen molar-refractivity contribution in [2.75, 3.05) is 11.1 Å². The molecule has 102 valence electrons. The van der Waals surface area contributed by atoms with Gasteiger partial charge in [0.15, 0.2) is 0 Å². The van der Waals surface area contributed by atoms with Gasteiger partial charge in [-0.3, -0.25) is 19.9 Å². The van der Waals surface area contributed by atoms with Crippen molar-refractivity contribution >= 4 is 23.1 Å². The number of nitrogens with two attached hydrogens (primary N) is 1. The van der Waals surface area contributed by atoms with Crippen LogP contribution in [0.2, 0.25) is 0 Å². The number of nitro groups is 1. The molecule has 1 amide bonds. The van der Waals surface area contributed by atoms with Crippen LogP contribution in [0.3, 0.4) is 0 Å². The van der Waals surface area contributed by atoms with E-state index < -0.39 is 10.8 Å². The van der Waals surface area contributed by atoms with Gasteiger partial charge in [0.25, 0.3) is 11.6 Å². The van der Waals surface area contributed by atoms with Gasteiger partial charge in [-0.1, -0.05) is 0 Å². The molecule has 0 saturated heterocycles. The first-order chi connectivity index (χ1) is 9.47. The number of pyridine rings is 2. The maximum absolute atomic E-state index is 12.0. The van der Waals surface area contributed by atoms with Crippen LogP contribution in [0.25, 0.3) is 0 Å². The Morgan fingerprint density at radius 2 is 2.10 bits per heavy atom. The van der Waals surface area contributed by atoms with Crippen molar-refractivity contribution in [3.8, 4) is 0 Å². The van der Waals surface area contributed by atoms with Gasteiger partial charge >= 0.3 is 0 Å². The molecule has 0 aliphatic heterocycles. The van der Waals surface area contributed by atoms with Crippen LogP contribution in [0, 0.1) is 17.0 Å². The molecule has 8 nitrogen and oxygen atoms in total. The minimum Gasteiger partial charge on any atom is -0.383 e. The Labute approximate surface area is 113 Å². The van der Waals surface area contributed by atoms with Crippen LogP contribution in [0.1, 0.15) is 15.9 Å². The second-order valence-corrected chi connectivity index (χ2v) is 4.09. The molecule has 2 rings (SSSR count). The molecule has 0 saturated carbocycles. The minimum atomic E-state index is -0.641. The largest absolute Gasteiger partial charge is 0.383 e. The van der Waals surface area contributed by atoms with Crippen LogP contribution in [0.4, 0.5) is 17.2 Å². The third-order valence-electron chi connectivity index (χ3n) is 2.49. The Morgan fingerprint density at radius 1 is 1.35 bits per heavy atom. The summed E-state index contributed by atoms with van der Waals surface area (Å²) in [5.74, 6) is -0.653. The Balaban J connectivity index is 2.29. The SMILES string of the molecule is Cc1cncc(NC(=O)c2cc([N+](=O)[O-])cnc2N)c1. The first kappa shape index (κ1) is 13.4. The number of nitrogens with zero attached hydrogens (tertiary/aromatic N) is 3. The van der Waals surface area contributed by atoms with E-state index in [1.54, 1.807) is 12.3 Å². The third-order valence-corrected chi connectivity index (χ3v) is 2.49. The van der Waals surface area contributed by atoms with E-state index in [-0.39, 0.29) is 17.1 Å². The molecule has 2 heterocycles. The van der Waals surface area contributed by atoms with Gasteiger partial charge in [0.05, 0.1) is 22.4 Å². The molecule has 0 radical (unpaired) electrons. The second-order valence-electron chi connectivity index (χ2n) is 4.09. The molecule has 0 aliphatic carbocycles. The number of nitrogens with one attached hydrogen (secondary N) is 1. The highest BCUT2D eigenvalue weighted by atomic mass is 16.6. The van der Waals surface area contributed by atoms with Crippen LogP contribution in [0.5, 0.6) is 0 Å². The van der Waals surface area contributed by atoms with E-state index in [4.69, 9.17) is 5.73 Å². The monoisotopic (exact) mass is 273 g/mol. The number of carbonyl (C=O) groups is 1. The number of carbonyl (C=O) groups excluding carboxylic acids is 1. The van der Waals surface area contributed by atoms with E-state index >= 15 is 0 Å². The van der Waals surface area contributed by atoms with E-state index in [0.29, 0.717) is 5.69 Å². The average molecular weight is 273 g/mol. The molecule has 20 heavy (non-hydrogen) atoms. The van der Waals surface area contributed by atoms with E-state index in [1.807, 2.05) is 6.92 Å². The van der Waals surface area contributed by atoms with Gasteiger partial charge in [0.1, 0.15) is 12.0 Å². The molecular formula is C12H11N5O3. The summed E-state index contributed by atoms with van der Waals surface area (Å²) in [6.07, 6.45) is 4.10. The van der Waals surface area contributed by atoms with Crippen LogP contribution in [-0.2, 0) is 0 Å². The molecule has 0 unspecified atom stereocenters. The van der Waals surface area contributed by atoms with Crippen molar-refractivity contribution in [2.24, 2.45) is 0 Å². The summed E-state index contributed by atoms with van der Waals surface area (Å²) in [5, 5.41) is 13.2. The van der Waals surface area contributed by atoms with E-state index in [0.717, 1.165) is 17.8 Å². The lowest BCUT2D eigenvalue weighted by molar-refractivity contribution is -0.385. The maximum atomic E-state index is 12.0. The van der Waals surface area contributed by atoms with E-state index in [9.17, 15) is 14.9 Å². The zero-order valence-corrected chi connectivity index (χ0v) is 10.5. The summed E-state index contributed by atoms with van der Waals surface area (Å²) in [7, 11) is 0. The smallest absolute Gasteiger partial charge is 0.288 e. The molecule has 3 N–H and O–H groups in total. The number of rotatable bonds is 3. The lowest BCUT2D eigenvalue weighted by Crippen LogP contribution is -2.15. The first-order valence-electron chi connectivity index (χ1n) is 5.60. The number of aromatic nitrogens is 2. The highest BCUT2D eigenvalue weighted by molar-refractivity contribution is 6.07. The maximum Gasteiger partial charge on any atom is 0.288 e. The van der Waals surface area contributed by atoms with Crippen molar-refractivity contribution in [2.45, 2.75) is 6.92 Å². The highest BCUT2D eigenvalue weighted by Gasteiger charge is 2.16. The van der Waals surface area contributed by atoms with Crippen LogP contribution >= 0.6 is 0 Å². The minimum absolute atomic E-state index is 0.0549. The Hall–Kier alpha value is -3.03. The van der Waals surface area contributed by atoms with Gasteiger partial charge in [-0.05, 0) is 18.6 Å². The normalized spacial score (nSPS) is 10.1. The molecule has 0 aliphatic rings. The van der Waals surface area contributed by atoms with Crippen molar-refractivity contribution in [1.82, 2.24) is 9.97 Å². The summed E-state index contributed by atoms with van der Waals surface area (Å²) in [5.41, 5.74) is 6.55. The molecule has 0 aromatic carbocycles. The fourth-order valence-corrected chi connectivity index (χ4v) is 1.57. The van der Waals surface area contributed by atoms with Crippen molar-refractivity contribution in [3.05, 3.63) is 52.0 Å². The molecular weight excluding hydrogens is 262 g/mol. The zero-order chi connectivity index (χ0) is 14.7. The zero-order valence-electron chi connectivity index (χ0n) is 10.5. The van der Waals surface area contributed by atoms with Gasteiger partial charge in [-0.25, -0.2) is 4.98 Å². The number of hydrogen-bond donors (Lipinski definition) is 2. The Bertz CT molecular complexity index is 687. The standard InChI is InChI=1S/C12H11N5O3/c1-7-2-8(5-14-4-7)16-12(18)10-3-9(17(19)20)6-15-11(10)13/h2-6H,1H3,(H2,13,15)(H,16,18). The number of anilines is 2. The van der Waals surface area contributed by atoms with E-state index in [1.165, 1.54) is 6.20 Å². The lowest BCUT2D eigenvalue weighted by Gasteiger charge is -2.07. The molecule has 0 bridgehead atoms. The van der Waals surface area contributed by atoms with E-state index in [2.05, 4.69) is 15.3 Å². The van der Waals surface area contributed by atoms with Gasteiger partial charge in [0, 0.05) is 12.3 Å². The molecule has 0 spiro atoms.